The summed E-state index contributed by atoms with van der Waals surface area (Å²) in [5, 5.41) is 5.32. The van der Waals surface area contributed by atoms with Gasteiger partial charge in [-0.25, -0.2) is 0 Å². The van der Waals surface area contributed by atoms with Gasteiger partial charge in [0.2, 0.25) is 0 Å². The number of aryl methyl sites for hydroxylation is 1. The maximum absolute atomic E-state index is 5.80. The van der Waals surface area contributed by atoms with Crippen LogP contribution >= 0.6 is 11.8 Å². The van der Waals surface area contributed by atoms with Crippen LogP contribution < -0.4 is 11.1 Å². The minimum absolute atomic E-state index is 0.0222. The van der Waals surface area contributed by atoms with Gasteiger partial charge in [0.05, 0.1) is 0 Å². The van der Waals surface area contributed by atoms with Gasteiger partial charge in [-0.05, 0) is 34.6 Å². The molecule has 3 rings (SSSR count). The van der Waals surface area contributed by atoms with Crippen LogP contribution in [0.2, 0.25) is 0 Å². The summed E-state index contributed by atoms with van der Waals surface area (Å²) in [6.07, 6.45) is 0. The average molecular weight is 268 g/mol. The second-order valence-corrected chi connectivity index (χ2v) is 5.64. The smallest absolute Gasteiger partial charge is 0.127 e. The maximum Gasteiger partial charge on any atom is 0.127 e. The Morgan fingerprint density at radius 2 is 1.68 bits per heavy atom. The van der Waals surface area contributed by atoms with Gasteiger partial charge in [0.1, 0.15) is 5.50 Å². The predicted octanol–water partition coefficient (Wildman–Crippen LogP) is 3.54. The summed E-state index contributed by atoms with van der Waals surface area (Å²) >= 11 is 1.61. The summed E-state index contributed by atoms with van der Waals surface area (Å²) in [7, 11) is 0. The topological polar surface area (TPSA) is 38.0 Å². The van der Waals surface area contributed by atoms with Gasteiger partial charge in [-0.15, -0.1) is 0 Å². The Morgan fingerprint density at radius 1 is 1.00 bits per heavy atom. The zero-order valence-corrected chi connectivity index (χ0v) is 11.6. The van der Waals surface area contributed by atoms with E-state index < -0.39 is 0 Å². The number of benzene rings is 2. The van der Waals surface area contributed by atoms with Crippen LogP contribution in [0, 0.1) is 6.92 Å². The fourth-order valence-corrected chi connectivity index (χ4v) is 2.92. The molecule has 1 unspecified atom stereocenters. The first-order chi connectivity index (χ1) is 9.24. The molecule has 3 N–H and O–H groups in total. The molecule has 0 fully saturated rings. The average Bonchev–Trinajstić information content (AvgIpc) is 2.86. The van der Waals surface area contributed by atoms with Crippen molar-refractivity contribution in [3.63, 3.8) is 0 Å². The van der Waals surface area contributed by atoms with Crippen molar-refractivity contribution in [2.24, 2.45) is 5.73 Å². The van der Waals surface area contributed by atoms with Crippen molar-refractivity contribution >= 4 is 17.5 Å². The third kappa shape index (κ3) is 2.53. The molecule has 0 amide bonds. The molecule has 0 aromatic heterocycles. The molecule has 1 aliphatic rings. The summed E-state index contributed by atoms with van der Waals surface area (Å²) in [6.45, 7) is 2.14. The van der Waals surface area contributed by atoms with Crippen LogP contribution in [0.1, 0.15) is 11.1 Å². The quantitative estimate of drug-likeness (QED) is 0.875. The van der Waals surface area contributed by atoms with Gasteiger partial charge in [-0.2, -0.15) is 0 Å². The first kappa shape index (κ1) is 12.3. The summed E-state index contributed by atoms with van der Waals surface area (Å²) in [4.78, 5) is 0. The van der Waals surface area contributed by atoms with Crippen LogP contribution in [0.25, 0.3) is 16.8 Å². The number of thioether (sulfide) groups is 1. The highest BCUT2D eigenvalue weighted by Crippen LogP contribution is 2.28. The molecular weight excluding hydrogens is 252 g/mol. The van der Waals surface area contributed by atoms with E-state index in [0.29, 0.717) is 0 Å². The van der Waals surface area contributed by atoms with Crippen LogP contribution in [-0.4, -0.2) is 5.50 Å². The number of hydrogen-bond acceptors (Lipinski definition) is 3. The molecule has 0 saturated heterocycles. The molecule has 19 heavy (non-hydrogen) atoms. The van der Waals surface area contributed by atoms with Crippen LogP contribution in [0.15, 0.2) is 53.9 Å². The molecule has 0 aliphatic carbocycles. The monoisotopic (exact) mass is 268 g/mol. The van der Waals surface area contributed by atoms with E-state index >= 15 is 0 Å². The Balaban J connectivity index is 1.90. The molecule has 0 saturated carbocycles. The van der Waals surface area contributed by atoms with Crippen molar-refractivity contribution in [1.82, 2.24) is 5.32 Å². The van der Waals surface area contributed by atoms with Crippen molar-refractivity contribution in [2.75, 3.05) is 0 Å². The molecule has 1 aliphatic heterocycles. The minimum atomic E-state index is -0.0222. The molecule has 3 heteroatoms. The fraction of sp³-hybridized carbons (Fsp3) is 0.125. The van der Waals surface area contributed by atoms with E-state index in [1.165, 1.54) is 22.3 Å². The van der Waals surface area contributed by atoms with Crippen molar-refractivity contribution in [3.8, 4) is 11.1 Å². The molecule has 2 aromatic rings. The second kappa shape index (κ2) is 5.11. The lowest BCUT2D eigenvalue weighted by Gasteiger charge is -2.09. The highest BCUT2D eigenvalue weighted by atomic mass is 32.2. The van der Waals surface area contributed by atoms with E-state index in [0.717, 1.165) is 5.70 Å². The Kier molecular flexibility index (Phi) is 3.32. The van der Waals surface area contributed by atoms with Gasteiger partial charge >= 0.3 is 0 Å². The van der Waals surface area contributed by atoms with Crippen LogP contribution in [-0.2, 0) is 0 Å². The predicted molar refractivity (Wildman–Crippen MR) is 83.3 cm³/mol. The van der Waals surface area contributed by atoms with Crippen molar-refractivity contribution in [2.45, 2.75) is 12.4 Å². The van der Waals surface area contributed by atoms with Crippen molar-refractivity contribution < 1.29 is 0 Å². The first-order valence-corrected chi connectivity index (χ1v) is 7.22. The second-order valence-electron chi connectivity index (χ2n) is 4.62. The normalized spacial score (nSPS) is 18.0. The van der Waals surface area contributed by atoms with Crippen LogP contribution in [0.3, 0.4) is 0 Å². The van der Waals surface area contributed by atoms with Gasteiger partial charge in [0.25, 0.3) is 0 Å². The molecule has 1 heterocycles. The molecule has 2 aromatic carbocycles. The minimum Gasteiger partial charge on any atom is -0.360 e. The molecule has 96 valence electrons. The van der Waals surface area contributed by atoms with E-state index in [2.05, 4.69) is 66.2 Å². The van der Waals surface area contributed by atoms with E-state index in [9.17, 15) is 0 Å². The third-order valence-corrected chi connectivity index (χ3v) is 4.07. The van der Waals surface area contributed by atoms with E-state index in [-0.39, 0.29) is 5.50 Å². The van der Waals surface area contributed by atoms with Gasteiger partial charge < -0.3 is 11.1 Å². The van der Waals surface area contributed by atoms with E-state index in [1.54, 1.807) is 11.8 Å². The van der Waals surface area contributed by atoms with Gasteiger partial charge in [0, 0.05) is 5.70 Å². The number of nitrogens with two attached hydrogens (primary N) is 1. The van der Waals surface area contributed by atoms with Gasteiger partial charge in [-0.1, -0.05) is 60.3 Å². The lowest BCUT2D eigenvalue weighted by Crippen LogP contribution is -2.28. The molecule has 2 nitrogen and oxygen atoms in total. The lowest BCUT2D eigenvalue weighted by molar-refractivity contribution is 0.853. The summed E-state index contributed by atoms with van der Waals surface area (Å²) in [5.74, 6) is 0. The Morgan fingerprint density at radius 3 is 2.32 bits per heavy atom. The van der Waals surface area contributed by atoms with Crippen molar-refractivity contribution in [1.29, 1.82) is 0 Å². The highest BCUT2D eigenvalue weighted by Gasteiger charge is 2.13. The SMILES string of the molecule is Cc1ccccc1-c1ccc(C2=CSC(N)N2)cc1. The zero-order chi connectivity index (χ0) is 13.2. The van der Waals surface area contributed by atoms with E-state index in [1.807, 2.05) is 0 Å². The first-order valence-electron chi connectivity index (χ1n) is 6.28. The Labute approximate surface area is 117 Å². The largest absolute Gasteiger partial charge is 0.360 e. The Hall–Kier alpha value is -1.71. The summed E-state index contributed by atoms with van der Waals surface area (Å²) in [6, 6.07) is 17.0. The standard InChI is InChI=1S/C16H16N2S/c1-11-4-2-3-5-14(11)12-6-8-13(9-7-12)15-10-19-16(17)18-15/h2-10,16,18H,17H2,1H3. The molecule has 0 spiro atoms. The molecular formula is C16H16N2S. The zero-order valence-electron chi connectivity index (χ0n) is 10.8. The third-order valence-electron chi connectivity index (χ3n) is 3.28. The highest BCUT2D eigenvalue weighted by molar-refractivity contribution is 8.03. The number of hydrogen-bond donors (Lipinski definition) is 2. The Bertz CT molecular complexity index is 617. The molecule has 0 bridgehead atoms. The maximum atomic E-state index is 5.80. The number of nitrogens with one attached hydrogen (secondary N) is 1. The molecule has 0 radical (unpaired) electrons. The van der Waals surface area contributed by atoms with Crippen LogP contribution in [0.4, 0.5) is 0 Å². The number of rotatable bonds is 2. The van der Waals surface area contributed by atoms with Crippen LogP contribution in [0.5, 0.6) is 0 Å². The van der Waals surface area contributed by atoms with Gasteiger partial charge in [-0.3, -0.25) is 0 Å². The summed E-state index contributed by atoms with van der Waals surface area (Å²) < 4.78 is 0. The van der Waals surface area contributed by atoms with E-state index in [4.69, 9.17) is 5.73 Å². The molecule has 1 atom stereocenters. The lowest BCUT2D eigenvalue weighted by atomic mass is 9.99. The summed E-state index contributed by atoms with van der Waals surface area (Å²) in [5.41, 5.74) is 11.9. The van der Waals surface area contributed by atoms with Crippen molar-refractivity contribution in [3.05, 3.63) is 65.1 Å². The fourth-order valence-electron chi connectivity index (χ4n) is 2.24. The van der Waals surface area contributed by atoms with Gasteiger partial charge in [0.15, 0.2) is 0 Å².